The minimum absolute atomic E-state index is 0.108. The molecule has 1 aromatic heterocycles. The molecule has 1 atom stereocenters. The molecule has 0 radical (unpaired) electrons. The van der Waals surface area contributed by atoms with E-state index >= 15 is 0 Å². The molecular formula is C29H41N5O4S. The van der Waals surface area contributed by atoms with E-state index < -0.39 is 5.97 Å². The Morgan fingerprint density at radius 1 is 1.05 bits per heavy atom. The van der Waals surface area contributed by atoms with E-state index in [4.69, 9.17) is 14.8 Å². The second kappa shape index (κ2) is 13.1. The van der Waals surface area contributed by atoms with Crippen molar-refractivity contribution >= 4 is 28.5 Å². The molecule has 1 aliphatic carbocycles. The van der Waals surface area contributed by atoms with Gasteiger partial charge in [-0.2, -0.15) is 0 Å². The normalized spacial score (nSPS) is 21.6. The smallest absolute Gasteiger partial charge is 0.323 e. The van der Waals surface area contributed by atoms with Gasteiger partial charge < -0.3 is 14.7 Å². The summed E-state index contributed by atoms with van der Waals surface area (Å²) in [6.45, 7) is 5.81. The molecule has 10 heteroatoms. The molecule has 2 saturated heterocycles. The quantitative estimate of drug-likeness (QED) is 0.482. The zero-order chi connectivity index (χ0) is 27.2. The van der Waals surface area contributed by atoms with Crippen LogP contribution in [0.2, 0.25) is 0 Å². The van der Waals surface area contributed by atoms with Gasteiger partial charge in [-0.1, -0.05) is 25.3 Å². The molecule has 0 unspecified atom stereocenters. The maximum atomic E-state index is 13.0. The number of nitrogens with zero attached hydrogens (tertiary/aromatic N) is 4. The number of aliphatic carboxylic acids is 1. The molecule has 2 N–H and O–H groups in total. The zero-order valence-corrected chi connectivity index (χ0v) is 23.8. The van der Waals surface area contributed by atoms with Gasteiger partial charge in [0.15, 0.2) is 5.13 Å². The maximum Gasteiger partial charge on any atom is 0.323 e. The van der Waals surface area contributed by atoms with Gasteiger partial charge in [0.25, 0.3) is 0 Å². The fourth-order valence-corrected chi connectivity index (χ4v) is 7.08. The number of anilines is 1. The van der Waals surface area contributed by atoms with Crippen LogP contribution in [0.4, 0.5) is 9.93 Å². The lowest BCUT2D eigenvalue weighted by atomic mass is 9.83. The van der Waals surface area contributed by atoms with Gasteiger partial charge in [0.1, 0.15) is 5.75 Å². The van der Waals surface area contributed by atoms with Gasteiger partial charge in [-0.3, -0.25) is 19.9 Å². The first kappa shape index (κ1) is 27.9. The Morgan fingerprint density at radius 3 is 2.59 bits per heavy atom. The number of piperidine rings is 1. The summed E-state index contributed by atoms with van der Waals surface area (Å²) >= 11 is 1.44. The minimum atomic E-state index is -0.755. The van der Waals surface area contributed by atoms with Crippen LogP contribution in [0.5, 0.6) is 5.75 Å². The van der Waals surface area contributed by atoms with Crippen molar-refractivity contribution in [3.05, 3.63) is 29.1 Å². The summed E-state index contributed by atoms with van der Waals surface area (Å²) in [4.78, 5) is 35.1. The van der Waals surface area contributed by atoms with E-state index in [0.29, 0.717) is 30.1 Å². The third-order valence-electron chi connectivity index (χ3n) is 8.43. The largest absolute Gasteiger partial charge is 0.496 e. The van der Waals surface area contributed by atoms with Crippen LogP contribution in [0.25, 0.3) is 11.3 Å². The van der Waals surface area contributed by atoms with Gasteiger partial charge in [-0.15, -0.1) is 11.3 Å². The Bertz CT molecular complexity index is 1130. The summed E-state index contributed by atoms with van der Waals surface area (Å²) < 4.78 is 5.65. The van der Waals surface area contributed by atoms with Gasteiger partial charge in [-0.25, -0.2) is 9.78 Å². The number of ether oxygens (including phenoxy) is 1. The van der Waals surface area contributed by atoms with Crippen molar-refractivity contribution in [2.45, 2.75) is 50.9 Å². The van der Waals surface area contributed by atoms with Crippen molar-refractivity contribution in [3.8, 4) is 17.0 Å². The van der Waals surface area contributed by atoms with E-state index in [1.165, 1.54) is 49.0 Å². The second-order valence-electron chi connectivity index (χ2n) is 11.2. The number of hydrogen-bond donors (Lipinski definition) is 2. The maximum absolute atomic E-state index is 13.0. The number of likely N-dealkylation sites (tertiary alicyclic amines) is 1. The number of nitrogens with one attached hydrogen (secondary N) is 1. The van der Waals surface area contributed by atoms with Crippen molar-refractivity contribution in [1.82, 2.24) is 19.7 Å². The van der Waals surface area contributed by atoms with Crippen LogP contribution in [-0.4, -0.2) is 96.3 Å². The molecule has 3 heterocycles. The molecule has 5 rings (SSSR count). The van der Waals surface area contributed by atoms with Crippen LogP contribution in [0.15, 0.2) is 23.6 Å². The lowest BCUT2D eigenvalue weighted by Crippen LogP contribution is -2.52. The Kier molecular flexibility index (Phi) is 9.36. The van der Waals surface area contributed by atoms with E-state index in [1.54, 1.807) is 7.11 Å². The Balaban J connectivity index is 1.13. The zero-order valence-electron chi connectivity index (χ0n) is 22.9. The van der Waals surface area contributed by atoms with E-state index in [2.05, 4.69) is 22.3 Å². The molecular weight excluding hydrogens is 514 g/mol. The van der Waals surface area contributed by atoms with Gasteiger partial charge >= 0.3 is 12.0 Å². The van der Waals surface area contributed by atoms with Crippen molar-refractivity contribution in [2.24, 2.45) is 5.92 Å². The summed E-state index contributed by atoms with van der Waals surface area (Å²) in [7, 11) is 1.69. The second-order valence-corrected chi connectivity index (χ2v) is 12.0. The van der Waals surface area contributed by atoms with E-state index in [1.807, 2.05) is 21.2 Å². The highest BCUT2D eigenvalue weighted by Gasteiger charge is 2.27. The Hall–Kier alpha value is -2.69. The van der Waals surface area contributed by atoms with Crippen molar-refractivity contribution in [3.63, 3.8) is 0 Å². The van der Waals surface area contributed by atoms with Crippen molar-refractivity contribution < 1.29 is 19.4 Å². The third-order valence-corrected chi connectivity index (χ3v) is 9.19. The van der Waals surface area contributed by atoms with Gasteiger partial charge in [0, 0.05) is 50.2 Å². The first-order valence-corrected chi connectivity index (χ1v) is 15.2. The van der Waals surface area contributed by atoms with Crippen LogP contribution >= 0.6 is 11.3 Å². The number of methoxy groups -OCH3 is 1. The molecule has 39 heavy (non-hydrogen) atoms. The molecule has 2 aliphatic heterocycles. The fourth-order valence-electron chi connectivity index (χ4n) is 6.37. The minimum Gasteiger partial charge on any atom is -0.496 e. The number of carboxylic acid groups (broad SMARTS) is 1. The van der Waals surface area contributed by atoms with Gasteiger partial charge in [-0.05, 0) is 61.8 Å². The summed E-state index contributed by atoms with van der Waals surface area (Å²) in [6, 6.07) is 6.35. The predicted octanol–water partition coefficient (Wildman–Crippen LogP) is 4.81. The van der Waals surface area contributed by atoms with E-state index in [-0.39, 0.29) is 12.6 Å². The molecule has 2 amide bonds. The average Bonchev–Trinajstić information content (AvgIpc) is 3.41. The number of rotatable bonds is 8. The summed E-state index contributed by atoms with van der Waals surface area (Å²) in [5, 5.41) is 14.7. The number of urea groups is 1. The molecule has 0 spiro atoms. The third kappa shape index (κ3) is 7.29. The van der Waals surface area contributed by atoms with Gasteiger partial charge in [0.2, 0.25) is 0 Å². The number of hydrogen-bond acceptors (Lipinski definition) is 7. The lowest BCUT2D eigenvalue weighted by molar-refractivity contribution is -0.138. The van der Waals surface area contributed by atoms with Crippen LogP contribution in [0.3, 0.4) is 0 Å². The molecule has 3 aliphatic rings. The van der Waals surface area contributed by atoms with E-state index in [9.17, 15) is 9.59 Å². The monoisotopic (exact) mass is 555 g/mol. The number of piperazine rings is 1. The molecule has 212 valence electrons. The topological polar surface area (TPSA) is 98.2 Å². The summed E-state index contributed by atoms with van der Waals surface area (Å²) in [5.41, 5.74) is 3.17. The average molecular weight is 556 g/mol. The van der Waals surface area contributed by atoms with Crippen molar-refractivity contribution in [2.75, 3.05) is 64.8 Å². The standard InChI is InChI=1S/C29H41N5O4S/c1-38-26-10-9-23(22-7-3-2-4-8-22)16-24(26)25-20-39-28(30-25)31-29(37)34-14-12-32(13-15-34)17-21-6-5-11-33(18-21)19-27(35)36/h9-10,16,20-22H,2-8,11-15,17-19H2,1H3,(H,35,36)(H,30,31,37)/t21-/m1/s1. The molecule has 1 saturated carbocycles. The van der Waals surface area contributed by atoms with Crippen LogP contribution in [0, 0.1) is 5.92 Å². The molecule has 3 fully saturated rings. The number of benzene rings is 1. The Labute approximate surface area is 235 Å². The van der Waals surface area contributed by atoms with Crippen LogP contribution in [0.1, 0.15) is 56.4 Å². The number of carboxylic acids is 1. The number of carbonyl (C=O) groups is 2. The predicted molar refractivity (Wildman–Crippen MR) is 154 cm³/mol. The lowest BCUT2D eigenvalue weighted by Gasteiger charge is -2.38. The fraction of sp³-hybridized carbons (Fsp3) is 0.621. The Morgan fingerprint density at radius 2 is 1.85 bits per heavy atom. The molecule has 9 nitrogen and oxygen atoms in total. The van der Waals surface area contributed by atoms with Crippen LogP contribution in [-0.2, 0) is 4.79 Å². The number of carbonyl (C=O) groups excluding carboxylic acids is 1. The number of amides is 2. The highest BCUT2D eigenvalue weighted by Crippen LogP contribution is 2.38. The summed E-state index contributed by atoms with van der Waals surface area (Å²) in [6.07, 6.45) is 8.57. The first-order valence-electron chi connectivity index (χ1n) is 14.3. The van der Waals surface area contributed by atoms with E-state index in [0.717, 1.165) is 62.6 Å². The van der Waals surface area contributed by atoms with Crippen molar-refractivity contribution in [1.29, 1.82) is 0 Å². The van der Waals surface area contributed by atoms with Crippen LogP contribution < -0.4 is 10.1 Å². The molecule has 2 aromatic rings. The number of thiazole rings is 1. The highest BCUT2D eigenvalue weighted by atomic mass is 32.1. The highest BCUT2D eigenvalue weighted by molar-refractivity contribution is 7.14. The first-order chi connectivity index (χ1) is 19.0. The number of aromatic nitrogens is 1. The molecule has 0 bridgehead atoms. The summed E-state index contributed by atoms with van der Waals surface area (Å²) in [5.74, 6) is 1.13. The molecule has 1 aromatic carbocycles. The SMILES string of the molecule is COc1ccc(C2CCCCC2)cc1-c1csc(NC(=O)N2CCN(C[C@H]3CCCN(CC(=O)O)C3)CC2)n1. The van der Waals surface area contributed by atoms with Gasteiger partial charge in [0.05, 0.1) is 19.3 Å².